The molecule has 0 aliphatic carbocycles. The van der Waals surface area contributed by atoms with Crippen LogP contribution in [0, 0.1) is 13.8 Å². The van der Waals surface area contributed by atoms with E-state index in [1.807, 2.05) is 58.0 Å². The highest BCUT2D eigenvalue weighted by atomic mass is 16.5. The predicted octanol–water partition coefficient (Wildman–Crippen LogP) is 4.35. The van der Waals surface area contributed by atoms with Gasteiger partial charge in [0, 0.05) is 11.6 Å². The van der Waals surface area contributed by atoms with Crippen LogP contribution in [0.3, 0.4) is 0 Å². The average molecular weight is 313 g/mol. The first-order valence-electron chi connectivity index (χ1n) is 7.83. The maximum atomic E-state index is 12.6. The molecule has 23 heavy (non-hydrogen) atoms. The van der Waals surface area contributed by atoms with Crippen LogP contribution in [0.25, 0.3) is 0 Å². The van der Waals surface area contributed by atoms with Crippen LogP contribution in [-0.2, 0) is 0 Å². The fourth-order valence-electron chi connectivity index (χ4n) is 2.31. The monoisotopic (exact) mass is 313 g/mol. The van der Waals surface area contributed by atoms with Gasteiger partial charge in [-0.25, -0.2) is 0 Å². The number of amides is 1. The smallest absolute Gasteiger partial charge is 0.256 e. The van der Waals surface area contributed by atoms with Crippen molar-refractivity contribution >= 4 is 11.6 Å². The lowest BCUT2D eigenvalue weighted by molar-refractivity contribution is 0.102. The van der Waals surface area contributed by atoms with Gasteiger partial charge in [-0.05, 0) is 51.5 Å². The lowest BCUT2D eigenvalue weighted by Crippen LogP contribution is -2.14. The van der Waals surface area contributed by atoms with Gasteiger partial charge in [0.15, 0.2) is 0 Å². The number of nitrogens with one attached hydrogen (secondary N) is 1. The van der Waals surface area contributed by atoms with Gasteiger partial charge >= 0.3 is 0 Å². The molecule has 0 aromatic heterocycles. The molecule has 122 valence electrons. The molecule has 0 unspecified atom stereocenters. The topological polar surface area (TPSA) is 47.6 Å². The standard InChI is InChI=1S/C19H23NO3/c1-5-22-15-9-10-18(23-6-2)17(12-15)20-19(21)16-11-13(3)7-8-14(16)4/h7-12H,5-6H2,1-4H3,(H,20,21). The van der Waals surface area contributed by atoms with Crippen LogP contribution in [0.15, 0.2) is 36.4 Å². The second-order valence-electron chi connectivity index (χ2n) is 5.30. The fraction of sp³-hybridized carbons (Fsp3) is 0.316. The summed E-state index contributed by atoms with van der Waals surface area (Å²) in [6.45, 7) is 8.82. The fourth-order valence-corrected chi connectivity index (χ4v) is 2.31. The Morgan fingerprint density at radius 3 is 2.43 bits per heavy atom. The zero-order valence-electron chi connectivity index (χ0n) is 14.1. The first-order valence-corrected chi connectivity index (χ1v) is 7.83. The third-order valence-electron chi connectivity index (χ3n) is 3.45. The van der Waals surface area contributed by atoms with E-state index in [0.29, 0.717) is 36.0 Å². The molecular weight excluding hydrogens is 290 g/mol. The van der Waals surface area contributed by atoms with E-state index >= 15 is 0 Å². The highest BCUT2D eigenvalue weighted by molar-refractivity contribution is 6.06. The second kappa shape index (κ2) is 7.68. The van der Waals surface area contributed by atoms with Crippen molar-refractivity contribution in [2.45, 2.75) is 27.7 Å². The molecule has 0 atom stereocenters. The second-order valence-corrected chi connectivity index (χ2v) is 5.30. The zero-order chi connectivity index (χ0) is 16.8. The highest BCUT2D eigenvalue weighted by Crippen LogP contribution is 2.30. The van der Waals surface area contributed by atoms with Gasteiger partial charge in [-0.2, -0.15) is 0 Å². The van der Waals surface area contributed by atoms with Crippen LogP contribution in [-0.4, -0.2) is 19.1 Å². The van der Waals surface area contributed by atoms with Crippen LogP contribution in [0.1, 0.15) is 35.3 Å². The van der Waals surface area contributed by atoms with Gasteiger partial charge in [-0.1, -0.05) is 17.7 Å². The first-order chi connectivity index (χ1) is 11.0. The molecule has 0 radical (unpaired) electrons. The molecule has 0 fully saturated rings. The van der Waals surface area contributed by atoms with Crippen LogP contribution < -0.4 is 14.8 Å². The Morgan fingerprint density at radius 1 is 1.00 bits per heavy atom. The van der Waals surface area contributed by atoms with Crippen molar-refractivity contribution in [3.63, 3.8) is 0 Å². The normalized spacial score (nSPS) is 10.3. The summed E-state index contributed by atoms with van der Waals surface area (Å²) in [6, 6.07) is 11.3. The van der Waals surface area contributed by atoms with E-state index < -0.39 is 0 Å². The summed E-state index contributed by atoms with van der Waals surface area (Å²) in [4.78, 5) is 12.6. The van der Waals surface area contributed by atoms with Gasteiger partial charge in [0.1, 0.15) is 11.5 Å². The van der Waals surface area contributed by atoms with Crippen molar-refractivity contribution < 1.29 is 14.3 Å². The largest absolute Gasteiger partial charge is 0.494 e. The first kappa shape index (κ1) is 16.9. The molecule has 0 spiro atoms. The van der Waals surface area contributed by atoms with Crippen molar-refractivity contribution in [3.05, 3.63) is 53.1 Å². The van der Waals surface area contributed by atoms with Crippen molar-refractivity contribution in [2.24, 2.45) is 0 Å². The minimum Gasteiger partial charge on any atom is -0.494 e. The lowest BCUT2D eigenvalue weighted by Gasteiger charge is -2.14. The summed E-state index contributed by atoms with van der Waals surface area (Å²) >= 11 is 0. The van der Waals surface area contributed by atoms with Crippen LogP contribution >= 0.6 is 0 Å². The molecule has 0 bridgehead atoms. The number of aryl methyl sites for hydroxylation is 2. The number of hydrogen-bond donors (Lipinski definition) is 1. The van der Waals surface area contributed by atoms with E-state index in [0.717, 1.165) is 11.1 Å². The lowest BCUT2D eigenvalue weighted by atomic mass is 10.0. The van der Waals surface area contributed by atoms with Crippen LogP contribution in [0.4, 0.5) is 5.69 Å². The summed E-state index contributed by atoms with van der Waals surface area (Å²) in [6.07, 6.45) is 0. The Morgan fingerprint density at radius 2 is 1.74 bits per heavy atom. The zero-order valence-corrected chi connectivity index (χ0v) is 14.1. The minimum absolute atomic E-state index is 0.152. The van der Waals surface area contributed by atoms with Gasteiger partial charge in [-0.15, -0.1) is 0 Å². The Hall–Kier alpha value is -2.49. The van der Waals surface area contributed by atoms with E-state index in [4.69, 9.17) is 9.47 Å². The molecule has 0 aliphatic rings. The number of benzene rings is 2. The third-order valence-corrected chi connectivity index (χ3v) is 3.45. The third kappa shape index (κ3) is 4.25. The molecule has 2 rings (SSSR count). The molecule has 0 saturated heterocycles. The van der Waals surface area contributed by atoms with Gasteiger partial charge in [-0.3, -0.25) is 4.79 Å². The Bertz CT molecular complexity index is 695. The van der Waals surface area contributed by atoms with Crippen molar-refractivity contribution in [2.75, 3.05) is 18.5 Å². The van der Waals surface area contributed by atoms with Gasteiger partial charge < -0.3 is 14.8 Å². The molecule has 4 heteroatoms. The maximum Gasteiger partial charge on any atom is 0.256 e. The maximum absolute atomic E-state index is 12.6. The highest BCUT2D eigenvalue weighted by Gasteiger charge is 2.13. The van der Waals surface area contributed by atoms with Gasteiger partial charge in [0.25, 0.3) is 5.91 Å². The summed E-state index contributed by atoms with van der Waals surface area (Å²) in [5, 5.41) is 2.93. The number of anilines is 1. The van der Waals surface area contributed by atoms with E-state index in [9.17, 15) is 4.79 Å². The van der Waals surface area contributed by atoms with Gasteiger partial charge in [0.05, 0.1) is 18.9 Å². The number of carbonyl (C=O) groups is 1. The van der Waals surface area contributed by atoms with Crippen molar-refractivity contribution in [3.8, 4) is 11.5 Å². The van der Waals surface area contributed by atoms with E-state index in [1.165, 1.54) is 0 Å². The van der Waals surface area contributed by atoms with E-state index in [2.05, 4.69) is 5.32 Å². The van der Waals surface area contributed by atoms with Crippen molar-refractivity contribution in [1.29, 1.82) is 0 Å². The summed E-state index contributed by atoms with van der Waals surface area (Å²) in [5.41, 5.74) is 3.26. The summed E-state index contributed by atoms with van der Waals surface area (Å²) < 4.78 is 11.1. The molecule has 2 aromatic rings. The quantitative estimate of drug-likeness (QED) is 0.862. The SMILES string of the molecule is CCOc1ccc(OCC)c(NC(=O)c2cc(C)ccc2C)c1. The number of hydrogen-bond acceptors (Lipinski definition) is 3. The molecule has 0 heterocycles. The number of rotatable bonds is 6. The molecule has 1 N–H and O–H groups in total. The molecular formula is C19H23NO3. The average Bonchev–Trinajstić information content (AvgIpc) is 2.52. The van der Waals surface area contributed by atoms with Crippen molar-refractivity contribution in [1.82, 2.24) is 0 Å². The number of carbonyl (C=O) groups excluding carboxylic acids is 1. The number of ether oxygens (including phenoxy) is 2. The molecule has 1 amide bonds. The van der Waals surface area contributed by atoms with Gasteiger partial charge in [0.2, 0.25) is 0 Å². The van der Waals surface area contributed by atoms with E-state index in [1.54, 1.807) is 6.07 Å². The molecule has 0 saturated carbocycles. The van der Waals surface area contributed by atoms with E-state index in [-0.39, 0.29) is 5.91 Å². The van der Waals surface area contributed by atoms with Crippen LogP contribution in [0.5, 0.6) is 11.5 Å². The predicted molar refractivity (Wildman–Crippen MR) is 92.6 cm³/mol. The minimum atomic E-state index is -0.152. The summed E-state index contributed by atoms with van der Waals surface area (Å²) in [7, 11) is 0. The molecule has 0 aliphatic heterocycles. The van der Waals surface area contributed by atoms with Crippen LogP contribution in [0.2, 0.25) is 0 Å². The Labute approximate surface area is 137 Å². The Balaban J connectivity index is 2.31. The molecule has 2 aromatic carbocycles. The summed E-state index contributed by atoms with van der Waals surface area (Å²) in [5.74, 6) is 1.18. The Kier molecular flexibility index (Phi) is 5.63. The molecule has 4 nitrogen and oxygen atoms in total.